The molecule has 234 valence electrons. The number of amides is 2. The number of ether oxygens (including phenoxy) is 1. The van der Waals surface area contributed by atoms with E-state index in [1.165, 1.54) is 95.6 Å². The van der Waals surface area contributed by atoms with Crippen molar-refractivity contribution >= 4 is 17.8 Å². The van der Waals surface area contributed by atoms with Crippen LogP contribution in [-0.4, -0.2) is 36.5 Å². The fourth-order valence-electron chi connectivity index (χ4n) is 3.49. The van der Waals surface area contributed by atoms with Gasteiger partial charge in [-0.2, -0.15) is 0 Å². The molecule has 0 aromatic carbocycles. The number of esters is 1. The quantitative estimate of drug-likeness (QED) is 0.0829. The van der Waals surface area contributed by atoms with Gasteiger partial charge >= 0.3 is 5.97 Å². The number of carbonyl (C=O) groups is 3. The number of carbonyl (C=O) groups excluding carboxylic acids is 3. The summed E-state index contributed by atoms with van der Waals surface area (Å²) in [6.07, 6.45) is 23.1. The molecular formula is C34H64N2O4. The second kappa shape index (κ2) is 31.2. The van der Waals surface area contributed by atoms with Gasteiger partial charge in [0.2, 0.25) is 11.8 Å². The standard InChI is InChI=1S/C14H26O2.C13H25NO.C7H13NO/c1-4-5-6-7-8-9-10-11-12-16-14(15)13(2)3;1-3-5-6-7-8-9-10-11-12-14-13(15)4-2;1-5-6(9)8-7(2,3)4/h2,4-12H2,1,3H3;4H,2-3,5-12H2,1H3,(H,14,15);5H,1H2,2-4H3,(H,8,9). The first-order chi connectivity index (χ1) is 18.9. The maximum absolute atomic E-state index is 11.0. The molecule has 0 heterocycles. The van der Waals surface area contributed by atoms with E-state index in [1.54, 1.807) is 6.92 Å². The van der Waals surface area contributed by atoms with Crippen LogP contribution < -0.4 is 10.6 Å². The van der Waals surface area contributed by atoms with Crippen LogP contribution in [0, 0.1) is 0 Å². The largest absolute Gasteiger partial charge is 0.462 e. The number of nitrogens with one attached hydrogen (secondary N) is 2. The van der Waals surface area contributed by atoms with E-state index >= 15 is 0 Å². The van der Waals surface area contributed by atoms with Crippen LogP contribution >= 0.6 is 0 Å². The SMILES string of the molecule is C=C(C)C(=O)OCCCCCCCCCC.C=CC(=O)NC(C)(C)C.C=CC(=O)NCCCCCCCCCC. The zero-order valence-electron chi connectivity index (χ0n) is 27.1. The molecule has 6 heteroatoms. The van der Waals surface area contributed by atoms with Crippen molar-refractivity contribution in [2.45, 2.75) is 150 Å². The predicted octanol–water partition coefficient (Wildman–Crippen LogP) is 8.76. The second-order valence-electron chi connectivity index (χ2n) is 11.3. The van der Waals surface area contributed by atoms with E-state index in [-0.39, 0.29) is 23.3 Å². The first kappa shape index (κ1) is 42.1. The highest BCUT2D eigenvalue weighted by atomic mass is 16.5. The van der Waals surface area contributed by atoms with Crippen LogP contribution in [0.15, 0.2) is 37.5 Å². The van der Waals surface area contributed by atoms with Crippen molar-refractivity contribution in [2.75, 3.05) is 13.2 Å². The zero-order valence-corrected chi connectivity index (χ0v) is 27.1. The Morgan fingerprint density at radius 1 is 0.675 bits per heavy atom. The van der Waals surface area contributed by atoms with Gasteiger partial charge in [0, 0.05) is 17.7 Å². The summed E-state index contributed by atoms with van der Waals surface area (Å²) in [4.78, 5) is 32.4. The van der Waals surface area contributed by atoms with E-state index in [4.69, 9.17) is 4.74 Å². The van der Waals surface area contributed by atoms with Crippen LogP contribution in [0.25, 0.3) is 0 Å². The molecule has 40 heavy (non-hydrogen) atoms. The minimum atomic E-state index is -0.261. The lowest BCUT2D eigenvalue weighted by Crippen LogP contribution is -2.39. The van der Waals surface area contributed by atoms with Gasteiger partial charge in [0.1, 0.15) is 0 Å². The minimum Gasteiger partial charge on any atom is -0.462 e. The van der Waals surface area contributed by atoms with Crippen molar-refractivity contribution in [2.24, 2.45) is 0 Å². The molecule has 0 radical (unpaired) electrons. The first-order valence-electron chi connectivity index (χ1n) is 15.6. The molecule has 0 saturated heterocycles. The van der Waals surface area contributed by atoms with Gasteiger partial charge in [0.05, 0.1) is 6.61 Å². The lowest BCUT2D eigenvalue weighted by Gasteiger charge is -2.18. The van der Waals surface area contributed by atoms with Crippen LogP contribution in [0.5, 0.6) is 0 Å². The molecule has 0 rings (SSSR count). The smallest absolute Gasteiger partial charge is 0.333 e. The summed E-state index contributed by atoms with van der Waals surface area (Å²) in [6.45, 7) is 23.5. The maximum Gasteiger partial charge on any atom is 0.333 e. The molecule has 0 aliphatic rings. The lowest BCUT2D eigenvalue weighted by atomic mass is 10.1. The van der Waals surface area contributed by atoms with Crippen molar-refractivity contribution in [3.8, 4) is 0 Å². The monoisotopic (exact) mass is 564 g/mol. The van der Waals surface area contributed by atoms with Gasteiger partial charge in [-0.1, -0.05) is 123 Å². The number of rotatable bonds is 21. The predicted molar refractivity (Wildman–Crippen MR) is 172 cm³/mol. The summed E-state index contributed by atoms with van der Waals surface area (Å²) >= 11 is 0. The summed E-state index contributed by atoms with van der Waals surface area (Å²) in [7, 11) is 0. The molecule has 0 aromatic rings. The highest BCUT2D eigenvalue weighted by molar-refractivity contribution is 5.87. The summed E-state index contributed by atoms with van der Waals surface area (Å²) in [5.41, 5.74) is 0.338. The Balaban J connectivity index is -0.000000534. The third kappa shape index (κ3) is 40.1. The van der Waals surface area contributed by atoms with Crippen LogP contribution in [0.3, 0.4) is 0 Å². The Morgan fingerprint density at radius 2 is 1.07 bits per heavy atom. The number of hydrogen-bond acceptors (Lipinski definition) is 4. The van der Waals surface area contributed by atoms with Gasteiger partial charge in [-0.05, 0) is 52.7 Å². The number of unbranched alkanes of at least 4 members (excludes halogenated alkanes) is 14. The Hall–Kier alpha value is -2.37. The fourth-order valence-corrected chi connectivity index (χ4v) is 3.49. The Bertz CT molecular complexity index is 665. The molecule has 2 amide bonds. The van der Waals surface area contributed by atoms with Crippen LogP contribution in [0.4, 0.5) is 0 Å². The van der Waals surface area contributed by atoms with Crippen LogP contribution in [-0.2, 0) is 19.1 Å². The molecule has 0 unspecified atom stereocenters. The molecule has 0 saturated carbocycles. The second-order valence-corrected chi connectivity index (χ2v) is 11.3. The molecule has 0 aliphatic heterocycles. The number of hydrogen-bond donors (Lipinski definition) is 2. The third-order valence-corrected chi connectivity index (χ3v) is 5.78. The summed E-state index contributed by atoms with van der Waals surface area (Å²) < 4.78 is 5.01. The summed E-state index contributed by atoms with van der Waals surface area (Å²) in [5.74, 6) is -0.441. The normalized spacial score (nSPS) is 10.2. The molecule has 6 nitrogen and oxygen atoms in total. The highest BCUT2D eigenvalue weighted by Gasteiger charge is 2.10. The topological polar surface area (TPSA) is 84.5 Å². The van der Waals surface area contributed by atoms with E-state index in [9.17, 15) is 14.4 Å². The average Bonchev–Trinajstić information content (AvgIpc) is 2.90. The van der Waals surface area contributed by atoms with E-state index < -0.39 is 0 Å². The van der Waals surface area contributed by atoms with Crippen molar-refractivity contribution in [3.63, 3.8) is 0 Å². The summed E-state index contributed by atoms with van der Waals surface area (Å²) in [6, 6.07) is 0. The minimum absolute atomic E-state index is 0.0575. The molecule has 0 fully saturated rings. The van der Waals surface area contributed by atoms with Crippen molar-refractivity contribution in [3.05, 3.63) is 37.5 Å². The molecule has 0 aromatic heterocycles. The van der Waals surface area contributed by atoms with Crippen LogP contribution in [0.1, 0.15) is 144 Å². The fraction of sp³-hybridized carbons (Fsp3) is 0.735. The first-order valence-corrected chi connectivity index (χ1v) is 15.6. The molecule has 2 N–H and O–H groups in total. The van der Waals surface area contributed by atoms with Gasteiger partial charge in [0.25, 0.3) is 0 Å². The third-order valence-electron chi connectivity index (χ3n) is 5.78. The molecule has 0 atom stereocenters. The van der Waals surface area contributed by atoms with E-state index in [0.29, 0.717) is 12.2 Å². The van der Waals surface area contributed by atoms with Gasteiger partial charge in [-0.3, -0.25) is 9.59 Å². The Labute approximate surface area is 247 Å². The highest BCUT2D eigenvalue weighted by Crippen LogP contribution is 2.09. The molecular weight excluding hydrogens is 500 g/mol. The Kier molecular flexibility index (Phi) is 32.8. The van der Waals surface area contributed by atoms with Gasteiger partial charge in [0.15, 0.2) is 0 Å². The van der Waals surface area contributed by atoms with Gasteiger partial charge in [-0.15, -0.1) is 0 Å². The summed E-state index contributed by atoms with van der Waals surface area (Å²) in [5, 5.41) is 5.50. The van der Waals surface area contributed by atoms with E-state index in [0.717, 1.165) is 25.8 Å². The van der Waals surface area contributed by atoms with Crippen molar-refractivity contribution in [1.29, 1.82) is 0 Å². The van der Waals surface area contributed by atoms with Crippen LogP contribution in [0.2, 0.25) is 0 Å². The molecule has 0 aliphatic carbocycles. The van der Waals surface area contributed by atoms with E-state index in [1.807, 2.05) is 20.8 Å². The average molecular weight is 565 g/mol. The Morgan fingerprint density at radius 3 is 1.43 bits per heavy atom. The molecule has 0 spiro atoms. The lowest BCUT2D eigenvalue weighted by molar-refractivity contribution is -0.139. The van der Waals surface area contributed by atoms with Crippen molar-refractivity contribution in [1.82, 2.24) is 10.6 Å². The van der Waals surface area contributed by atoms with Gasteiger partial charge < -0.3 is 15.4 Å². The van der Waals surface area contributed by atoms with E-state index in [2.05, 4.69) is 44.2 Å². The molecule has 0 bridgehead atoms. The van der Waals surface area contributed by atoms with Gasteiger partial charge in [-0.25, -0.2) is 4.79 Å². The maximum atomic E-state index is 11.0. The van der Waals surface area contributed by atoms with Crippen molar-refractivity contribution < 1.29 is 19.1 Å². The zero-order chi connectivity index (χ0) is 31.1.